The van der Waals surface area contributed by atoms with Crippen LogP contribution in [0.3, 0.4) is 0 Å². The standard InChI is InChI=1S/C16H12F4O2/c1-2-7-22-11-6-4-9-8-3-5-10(21)14(17)12(8)16(19,20)13(9)15(11)18/h3-6,21H,2,7H2,1H3. The molecule has 6 heteroatoms. The Balaban J connectivity index is 2.24. The molecule has 22 heavy (non-hydrogen) atoms. The maximum absolute atomic E-state index is 14.5. The fourth-order valence-electron chi connectivity index (χ4n) is 2.63. The molecule has 0 spiro atoms. The second kappa shape index (κ2) is 4.90. The van der Waals surface area contributed by atoms with Gasteiger partial charge in [0.1, 0.15) is 0 Å². The number of benzene rings is 2. The lowest BCUT2D eigenvalue weighted by Gasteiger charge is -2.15. The van der Waals surface area contributed by atoms with E-state index in [2.05, 4.69) is 0 Å². The lowest BCUT2D eigenvalue weighted by Crippen LogP contribution is -2.15. The third-order valence-corrected chi connectivity index (χ3v) is 3.61. The van der Waals surface area contributed by atoms with Crippen LogP contribution < -0.4 is 4.74 Å². The second-order valence-electron chi connectivity index (χ2n) is 5.04. The average molecular weight is 312 g/mol. The molecule has 3 rings (SSSR count). The summed E-state index contributed by atoms with van der Waals surface area (Å²) in [6.45, 7) is 1.98. The lowest BCUT2D eigenvalue weighted by atomic mass is 10.0. The number of fused-ring (bicyclic) bond motifs is 3. The van der Waals surface area contributed by atoms with Gasteiger partial charge >= 0.3 is 5.92 Å². The summed E-state index contributed by atoms with van der Waals surface area (Å²) in [7, 11) is 0. The van der Waals surface area contributed by atoms with Gasteiger partial charge in [-0.25, -0.2) is 8.78 Å². The molecule has 2 nitrogen and oxygen atoms in total. The molecule has 2 aromatic carbocycles. The quantitative estimate of drug-likeness (QED) is 0.841. The van der Waals surface area contributed by atoms with Crippen LogP contribution in [0.5, 0.6) is 11.5 Å². The molecule has 1 N–H and O–H groups in total. The SMILES string of the molecule is CCCOc1ccc2c(c1F)C(F)(F)c1c-2ccc(O)c1F. The molecule has 0 saturated carbocycles. The summed E-state index contributed by atoms with van der Waals surface area (Å²) in [4.78, 5) is 0. The second-order valence-corrected chi connectivity index (χ2v) is 5.04. The Morgan fingerprint density at radius 2 is 1.59 bits per heavy atom. The fourth-order valence-corrected chi connectivity index (χ4v) is 2.63. The van der Waals surface area contributed by atoms with Crippen LogP contribution in [0, 0.1) is 11.6 Å². The van der Waals surface area contributed by atoms with Crippen LogP contribution in [0.25, 0.3) is 11.1 Å². The predicted molar refractivity (Wildman–Crippen MR) is 72.2 cm³/mol. The Kier molecular flexibility index (Phi) is 3.27. The first-order valence-corrected chi connectivity index (χ1v) is 6.75. The Morgan fingerprint density at radius 3 is 2.23 bits per heavy atom. The molecule has 116 valence electrons. The molecule has 0 radical (unpaired) electrons. The minimum absolute atomic E-state index is 0.0970. The summed E-state index contributed by atoms with van der Waals surface area (Å²) < 4.78 is 62.4. The van der Waals surface area contributed by atoms with Gasteiger partial charge in [-0.1, -0.05) is 6.92 Å². The van der Waals surface area contributed by atoms with Crippen molar-refractivity contribution in [3.8, 4) is 22.6 Å². The van der Waals surface area contributed by atoms with Gasteiger partial charge in [-0.3, -0.25) is 0 Å². The van der Waals surface area contributed by atoms with E-state index < -0.39 is 34.4 Å². The van der Waals surface area contributed by atoms with Crippen molar-refractivity contribution in [2.24, 2.45) is 0 Å². The molecular formula is C16H12F4O2. The van der Waals surface area contributed by atoms with Crippen LogP contribution in [-0.4, -0.2) is 11.7 Å². The normalized spacial score (nSPS) is 14.6. The number of hydrogen-bond acceptors (Lipinski definition) is 2. The highest BCUT2D eigenvalue weighted by Crippen LogP contribution is 2.55. The van der Waals surface area contributed by atoms with Gasteiger partial charge in [0.25, 0.3) is 0 Å². The first kappa shape index (κ1) is 14.7. The number of hydrogen-bond donors (Lipinski definition) is 1. The molecule has 0 saturated heterocycles. The lowest BCUT2D eigenvalue weighted by molar-refractivity contribution is 0.0393. The summed E-state index contributed by atoms with van der Waals surface area (Å²) in [6.07, 6.45) is 0.593. The summed E-state index contributed by atoms with van der Waals surface area (Å²) >= 11 is 0. The number of phenols is 1. The van der Waals surface area contributed by atoms with Crippen molar-refractivity contribution in [1.82, 2.24) is 0 Å². The zero-order valence-corrected chi connectivity index (χ0v) is 11.6. The number of alkyl halides is 2. The molecule has 0 bridgehead atoms. The van der Waals surface area contributed by atoms with Gasteiger partial charge in [-0.05, 0) is 41.8 Å². The smallest absolute Gasteiger partial charge is 0.305 e. The van der Waals surface area contributed by atoms with Gasteiger partial charge < -0.3 is 9.84 Å². The Bertz CT molecular complexity index is 756. The van der Waals surface area contributed by atoms with Gasteiger partial charge in [0.15, 0.2) is 23.1 Å². The van der Waals surface area contributed by atoms with Crippen molar-refractivity contribution in [3.05, 3.63) is 47.0 Å². The van der Waals surface area contributed by atoms with Crippen LogP contribution in [-0.2, 0) is 5.92 Å². The molecule has 1 aliphatic rings. The highest BCUT2D eigenvalue weighted by Gasteiger charge is 2.50. The molecule has 0 aromatic heterocycles. The van der Waals surface area contributed by atoms with Crippen LogP contribution in [0.2, 0.25) is 0 Å². The van der Waals surface area contributed by atoms with Crippen molar-refractivity contribution in [2.45, 2.75) is 19.3 Å². The number of phenolic OH excluding ortho intramolecular Hbond substituents is 1. The van der Waals surface area contributed by atoms with E-state index in [9.17, 15) is 22.7 Å². The zero-order chi connectivity index (χ0) is 16.1. The van der Waals surface area contributed by atoms with Crippen LogP contribution in [0.4, 0.5) is 17.6 Å². The third-order valence-electron chi connectivity index (χ3n) is 3.61. The van der Waals surface area contributed by atoms with Crippen LogP contribution >= 0.6 is 0 Å². The number of aromatic hydroxyl groups is 1. The van der Waals surface area contributed by atoms with Gasteiger partial charge in [-0.15, -0.1) is 0 Å². The highest BCUT2D eigenvalue weighted by molar-refractivity contribution is 5.81. The van der Waals surface area contributed by atoms with Gasteiger partial charge in [-0.2, -0.15) is 8.78 Å². The number of ether oxygens (including phenoxy) is 1. The fraction of sp³-hybridized carbons (Fsp3) is 0.250. The zero-order valence-electron chi connectivity index (χ0n) is 11.6. The molecule has 0 unspecified atom stereocenters. The Hall–Kier alpha value is -2.24. The Morgan fingerprint density at radius 1 is 1.00 bits per heavy atom. The van der Waals surface area contributed by atoms with Crippen molar-refractivity contribution < 1.29 is 27.4 Å². The van der Waals surface area contributed by atoms with Crippen LogP contribution in [0.15, 0.2) is 24.3 Å². The summed E-state index contributed by atoms with van der Waals surface area (Å²) in [5.74, 6) is -7.70. The van der Waals surface area contributed by atoms with Gasteiger partial charge in [0, 0.05) is 0 Å². The first-order valence-electron chi connectivity index (χ1n) is 6.75. The van der Waals surface area contributed by atoms with E-state index in [-0.39, 0.29) is 23.5 Å². The van der Waals surface area contributed by atoms with E-state index in [1.165, 1.54) is 12.1 Å². The van der Waals surface area contributed by atoms with E-state index in [0.29, 0.717) is 6.42 Å². The third kappa shape index (κ3) is 1.86. The minimum atomic E-state index is -3.87. The van der Waals surface area contributed by atoms with E-state index in [4.69, 9.17) is 4.74 Å². The van der Waals surface area contributed by atoms with Gasteiger partial charge in [0.2, 0.25) is 0 Å². The Labute approximate surface area is 124 Å². The largest absolute Gasteiger partial charge is 0.505 e. The van der Waals surface area contributed by atoms with E-state index in [0.717, 1.165) is 12.1 Å². The summed E-state index contributed by atoms with van der Waals surface area (Å²) in [5, 5.41) is 9.31. The van der Waals surface area contributed by atoms with Crippen molar-refractivity contribution in [3.63, 3.8) is 0 Å². The molecule has 0 atom stereocenters. The van der Waals surface area contributed by atoms with Gasteiger partial charge in [0.05, 0.1) is 17.7 Å². The van der Waals surface area contributed by atoms with Crippen molar-refractivity contribution in [2.75, 3.05) is 6.61 Å². The number of rotatable bonds is 3. The topological polar surface area (TPSA) is 29.5 Å². The predicted octanol–water partition coefficient (Wildman–Crippen LogP) is 4.58. The molecular weight excluding hydrogens is 300 g/mol. The monoisotopic (exact) mass is 312 g/mol. The van der Waals surface area contributed by atoms with E-state index in [1.807, 2.05) is 0 Å². The summed E-state index contributed by atoms with van der Waals surface area (Å²) in [6, 6.07) is 4.65. The van der Waals surface area contributed by atoms with E-state index >= 15 is 0 Å². The summed E-state index contributed by atoms with van der Waals surface area (Å²) in [5.41, 5.74) is -2.15. The average Bonchev–Trinajstić information content (AvgIpc) is 2.71. The molecule has 0 aliphatic heterocycles. The maximum Gasteiger partial charge on any atom is 0.305 e. The molecule has 2 aromatic rings. The number of halogens is 4. The molecule has 0 amide bonds. The first-order chi connectivity index (χ1) is 10.4. The molecule has 0 heterocycles. The molecule has 0 fully saturated rings. The highest BCUT2D eigenvalue weighted by atomic mass is 19.3. The maximum atomic E-state index is 14.5. The van der Waals surface area contributed by atoms with Crippen molar-refractivity contribution >= 4 is 0 Å². The molecule has 1 aliphatic carbocycles. The van der Waals surface area contributed by atoms with E-state index in [1.54, 1.807) is 6.92 Å². The van der Waals surface area contributed by atoms with Crippen LogP contribution in [0.1, 0.15) is 24.5 Å². The minimum Gasteiger partial charge on any atom is -0.505 e. The van der Waals surface area contributed by atoms with Crippen molar-refractivity contribution in [1.29, 1.82) is 0 Å².